The van der Waals surface area contributed by atoms with Crippen molar-refractivity contribution in [3.63, 3.8) is 0 Å². The number of aryl methyl sites for hydroxylation is 2. The van der Waals surface area contributed by atoms with Crippen LogP contribution in [0.15, 0.2) is 170 Å². The number of hydrogen-bond acceptors (Lipinski definition) is 5. The summed E-state index contributed by atoms with van der Waals surface area (Å²) in [6, 6.07) is 59.4. The zero-order chi connectivity index (χ0) is 55.0. The summed E-state index contributed by atoms with van der Waals surface area (Å²) in [5.41, 5.74) is 14.4. The normalized spacial score (nSPS) is 11.9. The number of rotatable bonds is 12. The Labute approximate surface area is 482 Å². The Morgan fingerprint density at radius 3 is 1.86 bits per heavy atom. The minimum absolute atomic E-state index is 0. The summed E-state index contributed by atoms with van der Waals surface area (Å²) in [7, 11) is 0. The van der Waals surface area contributed by atoms with Gasteiger partial charge in [0.25, 0.3) is 0 Å². The van der Waals surface area contributed by atoms with E-state index in [9.17, 15) is 9.90 Å². The number of fused-ring (bicyclic) bond motifs is 6. The number of allylic oxidation sites excluding steroid dienone is 2. The van der Waals surface area contributed by atoms with Crippen molar-refractivity contribution < 1.29 is 30.0 Å². The molecule has 0 aliphatic carbocycles. The van der Waals surface area contributed by atoms with Gasteiger partial charge >= 0.3 is 0 Å². The molecule has 4 nitrogen and oxygen atoms in total. The van der Waals surface area contributed by atoms with Gasteiger partial charge in [0.05, 0.1) is 5.76 Å². The molecule has 403 valence electrons. The molecular formula is C72H76IrN2O2S-2. The van der Waals surface area contributed by atoms with Crippen molar-refractivity contribution in [2.45, 2.75) is 121 Å². The number of carbonyl (C=O) groups excluding carboxylic acids is 1. The summed E-state index contributed by atoms with van der Waals surface area (Å²) in [6.45, 7) is 26.0. The molecule has 10 rings (SSSR count). The van der Waals surface area contributed by atoms with E-state index in [-0.39, 0.29) is 48.9 Å². The largest absolute Gasteiger partial charge is 0.512 e. The number of pyridine rings is 2. The summed E-state index contributed by atoms with van der Waals surface area (Å²) in [6.07, 6.45) is 9.83. The van der Waals surface area contributed by atoms with Crippen LogP contribution in [0.25, 0.3) is 86.5 Å². The van der Waals surface area contributed by atoms with Gasteiger partial charge in [0.2, 0.25) is 0 Å². The predicted molar refractivity (Wildman–Crippen MR) is 331 cm³/mol. The van der Waals surface area contributed by atoms with Crippen molar-refractivity contribution in [1.29, 1.82) is 0 Å². The Morgan fingerprint density at radius 2 is 1.21 bits per heavy atom. The first-order chi connectivity index (χ1) is 36.9. The second kappa shape index (κ2) is 25.9. The molecule has 1 radical (unpaired) electrons. The average Bonchev–Trinajstić information content (AvgIpc) is 4.01. The molecule has 6 heteroatoms. The van der Waals surface area contributed by atoms with Gasteiger partial charge in [-0.2, -0.15) is 0 Å². The average molecular weight is 1230 g/mol. The molecule has 0 fully saturated rings. The second-order valence-corrected chi connectivity index (χ2v) is 23.9. The first-order valence-corrected chi connectivity index (χ1v) is 28.5. The van der Waals surface area contributed by atoms with Gasteiger partial charge in [0, 0.05) is 76.6 Å². The Kier molecular flexibility index (Phi) is 19.7. The van der Waals surface area contributed by atoms with E-state index in [0.717, 1.165) is 71.1 Å². The summed E-state index contributed by atoms with van der Waals surface area (Å²) < 4.78 is 2.60. The number of nitrogens with zero attached hydrogens (tertiary/aromatic N) is 2. The molecule has 7 aromatic carbocycles. The number of ketones is 1. The maximum absolute atomic E-state index is 11.7. The number of aromatic nitrogens is 2. The van der Waals surface area contributed by atoms with E-state index < -0.39 is 0 Å². The summed E-state index contributed by atoms with van der Waals surface area (Å²) >= 11 is 1.86. The van der Waals surface area contributed by atoms with Crippen LogP contribution in [0.1, 0.15) is 117 Å². The molecule has 10 aromatic rings. The Bertz CT molecular complexity index is 3660. The van der Waals surface area contributed by atoms with Crippen molar-refractivity contribution in [3.05, 3.63) is 204 Å². The zero-order valence-corrected chi connectivity index (χ0v) is 51.0. The topological polar surface area (TPSA) is 63.1 Å². The number of hydrogen-bond donors (Lipinski definition) is 1. The van der Waals surface area contributed by atoms with Gasteiger partial charge in [-0.3, -0.25) is 9.78 Å². The Balaban J connectivity index is 0.000000180. The van der Waals surface area contributed by atoms with Gasteiger partial charge in [0.15, 0.2) is 5.78 Å². The Hall–Kier alpha value is -6.56. The monoisotopic (exact) mass is 1230 g/mol. The van der Waals surface area contributed by atoms with Crippen LogP contribution in [-0.4, -0.2) is 20.9 Å². The van der Waals surface area contributed by atoms with Gasteiger partial charge in [0.1, 0.15) is 0 Å². The van der Waals surface area contributed by atoms with Crippen molar-refractivity contribution in [2.24, 2.45) is 17.3 Å². The fourth-order valence-electron chi connectivity index (χ4n) is 10.5. The quantitative estimate of drug-likeness (QED) is 0.0752. The number of aliphatic hydroxyl groups excluding tert-OH is 1. The molecule has 0 aliphatic rings. The van der Waals surface area contributed by atoms with Crippen LogP contribution >= 0.6 is 11.3 Å². The third kappa shape index (κ3) is 14.2. The van der Waals surface area contributed by atoms with Gasteiger partial charge in [-0.15, -0.1) is 75.4 Å². The van der Waals surface area contributed by atoms with Crippen molar-refractivity contribution >= 4 is 58.8 Å². The van der Waals surface area contributed by atoms with E-state index in [4.69, 9.17) is 9.97 Å². The van der Waals surface area contributed by atoms with E-state index >= 15 is 0 Å². The fraction of sp³-hybridized carbons (Fsp3) is 0.292. The first-order valence-electron chi connectivity index (χ1n) is 27.6. The van der Waals surface area contributed by atoms with Gasteiger partial charge in [-0.1, -0.05) is 203 Å². The maximum atomic E-state index is 11.7. The maximum Gasteiger partial charge on any atom is 0.162 e. The third-order valence-electron chi connectivity index (χ3n) is 14.6. The van der Waals surface area contributed by atoms with E-state index in [1.807, 2.05) is 57.5 Å². The summed E-state index contributed by atoms with van der Waals surface area (Å²) in [5.74, 6) is 0.547. The van der Waals surface area contributed by atoms with E-state index in [1.54, 1.807) is 0 Å². The predicted octanol–water partition coefficient (Wildman–Crippen LogP) is 20.5. The number of thiophene rings is 1. The minimum Gasteiger partial charge on any atom is -0.512 e. The van der Waals surface area contributed by atoms with Gasteiger partial charge < -0.3 is 10.1 Å². The molecule has 1 N–H and O–H groups in total. The minimum atomic E-state index is 0. The van der Waals surface area contributed by atoms with E-state index in [2.05, 4.69) is 207 Å². The number of aliphatic hydroxyl groups is 1. The van der Waals surface area contributed by atoms with Gasteiger partial charge in [-0.05, 0) is 99.0 Å². The molecule has 78 heavy (non-hydrogen) atoms. The Morgan fingerprint density at radius 1 is 0.590 bits per heavy atom. The SMILES string of the molecule is CC(C)(C)c1cc(-c2cc(-c3ccc(-c4ccccc4)cc3)ccn2)[c-]c2ccccc12.CCC(CC)C(=O)/C=C(\O)C(CC)CC.Cc1[c-]c(-c2nccc3c2sc2c4ccc(CC(C)(C)C)cc4ccc32)cc(C)c1.[Ir]. The van der Waals surface area contributed by atoms with Gasteiger partial charge in [-0.25, -0.2) is 0 Å². The van der Waals surface area contributed by atoms with Crippen molar-refractivity contribution in [3.8, 4) is 44.8 Å². The smallest absolute Gasteiger partial charge is 0.162 e. The molecule has 0 amide bonds. The van der Waals surface area contributed by atoms with Crippen LogP contribution in [0.5, 0.6) is 0 Å². The summed E-state index contributed by atoms with van der Waals surface area (Å²) in [4.78, 5) is 21.2. The van der Waals surface area contributed by atoms with Crippen LogP contribution < -0.4 is 0 Å². The molecular weight excluding hydrogens is 1150 g/mol. The molecule has 3 heterocycles. The van der Waals surface area contributed by atoms with Crippen LogP contribution in [0, 0.1) is 43.2 Å². The fourth-order valence-corrected chi connectivity index (χ4v) is 11.8. The van der Waals surface area contributed by atoms with Crippen LogP contribution in [0.4, 0.5) is 0 Å². The molecule has 0 atom stereocenters. The van der Waals surface area contributed by atoms with Crippen LogP contribution in [-0.2, 0) is 36.7 Å². The molecule has 0 saturated carbocycles. The molecule has 0 aliphatic heterocycles. The summed E-state index contributed by atoms with van der Waals surface area (Å²) in [5, 5.41) is 17.4. The standard InChI is InChI=1S/C31H26N.C28H26NS.C13H24O2.Ir/c1-31(2,3)29-20-27(19-26-11-7-8-12-28(26)29)30-21-25(17-18-32-30)24-15-13-23(14-16-24)22-9-5-4-6-10-22;1-17-12-18(2)14-21(13-17)25-27-24(10-11-29-25)23-9-7-20-15-19(16-28(3,4)5)6-8-22(20)26(23)30-27;1-5-10(6-2)12(14)9-13(15)11(7-3)8-4;/h4-18,20-21H,1-3H3;6-13,15H,16H2,1-5H3;9-11,14H,5-8H2,1-4H3;/q2*-1;;/b;;12-9-;. The van der Waals surface area contributed by atoms with Crippen molar-refractivity contribution in [2.75, 3.05) is 0 Å². The molecule has 0 bridgehead atoms. The third-order valence-corrected chi connectivity index (χ3v) is 15.9. The second-order valence-electron chi connectivity index (χ2n) is 22.9. The van der Waals surface area contributed by atoms with E-state index in [1.165, 1.54) is 75.8 Å². The first kappa shape index (κ1) is 59.1. The number of benzene rings is 7. The van der Waals surface area contributed by atoms with E-state index in [0.29, 0.717) is 5.41 Å². The number of carbonyl (C=O) groups is 1. The zero-order valence-electron chi connectivity index (χ0n) is 47.8. The van der Waals surface area contributed by atoms with Crippen molar-refractivity contribution in [1.82, 2.24) is 9.97 Å². The van der Waals surface area contributed by atoms with Crippen LogP contribution in [0.2, 0.25) is 0 Å². The molecule has 3 aromatic heterocycles. The van der Waals surface area contributed by atoms with Crippen LogP contribution in [0.3, 0.4) is 0 Å². The molecule has 0 saturated heterocycles. The molecule has 0 unspecified atom stereocenters. The molecule has 0 spiro atoms.